The van der Waals surface area contributed by atoms with E-state index in [-0.39, 0.29) is 13.2 Å². The fourth-order valence-corrected chi connectivity index (χ4v) is 3.73. The van der Waals surface area contributed by atoms with Crippen LogP contribution in [-0.4, -0.2) is 29.5 Å². The van der Waals surface area contributed by atoms with Gasteiger partial charge in [-0.05, 0) is 68.0 Å². The van der Waals surface area contributed by atoms with Crippen LogP contribution in [0.15, 0.2) is 24.4 Å². The topological polar surface area (TPSA) is 19.0 Å². The van der Waals surface area contributed by atoms with Crippen molar-refractivity contribution in [2.75, 3.05) is 19.6 Å². The minimum Gasteiger partial charge on any atom is -0.361 e. The number of aromatic amines is 1. The van der Waals surface area contributed by atoms with Crippen LogP contribution >= 0.6 is 0 Å². The molecule has 1 aromatic carbocycles. The van der Waals surface area contributed by atoms with Gasteiger partial charge in [0.25, 0.3) is 0 Å². The number of likely N-dealkylation sites (tertiary alicyclic amines) is 1. The van der Waals surface area contributed by atoms with Gasteiger partial charge in [-0.1, -0.05) is 13.8 Å². The Kier molecular flexibility index (Phi) is 4.03. The molecule has 0 radical (unpaired) electrons. The SMILES string of the molecule is C.Fc1ccc2[nH]cc(C3CC3CN3CCCCC3)c2c1. The summed E-state index contributed by atoms with van der Waals surface area (Å²) < 4.78 is 13.4. The van der Waals surface area contributed by atoms with E-state index in [0.29, 0.717) is 5.92 Å². The van der Waals surface area contributed by atoms with Gasteiger partial charge in [0.2, 0.25) is 0 Å². The maximum Gasteiger partial charge on any atom is 0.123 e. The van der Waals surface area contributed by atoms with Crippen molar-refractivity contribution in [1.82, 2.24) is 9.88 Å². The second-order valence-corrected chi connectivity index (χ2v) is 6.40. The Hall–Kier alpha value is -1.35. The fraction of sp³-hybridized carbons (Fsp3) is 0.556. The molecule has 2 atom stereocenters. The molecular weight excluding hydrogens is 263 g/mol. The van der Waals surface area contributed by atoms with Gasteiger partial charge in [0.05, 0.1) is 0 Å². The predicted octanol–water partition coefficient (Wildman–Crippen LogP) is 4.53. The largest absolute Gasteiger partial charge is 0.361 e. The third kappa shape index (κ3) is 2.84. The molecule has 114 valence electrons. The molecule has 1 aliphatic heterocycles. The molecule has 2 heterocycles. The second-order valence-electron chi connectivity index (χ2n) is 6.40. The zero-order valence-corrected chi connectivity index (χ0v) is 11.7. The molecule has 4 rings (SSSR count). The van der Waals surface area contributed by atoms with E-state index in [1.807, 2.05) is 6.07 Å². The van der Waals surface area contributed by atoms with Gasteiger partial charge in [-0.3, -0.25) is 0 Å². The molecule has 21 heavy (non-hydrogen) atoms. The number of aromatic nitrogens is 1. The van der Waals surface area contributed by atoms with E-state index in [2.05, 4.69) is 16.1 Å². The summed E-state index contributed by atoms with van der Waals surface area (Å²) in [6.07, 6.45) is 7.46. The molecule has 0 spiro atoms. The van der Waals surface area contributed by atoms with Gasteiger partial charge in [-0.25, -0.2) is 4.39 Å². The van der Waals surface area contributed by atoms with E-state index in [1.54, 1.807) is 6.07 Å². The van der Waals surface area contributed by atoms with Crippen LogP contribution in [0.25, 0.3) is 10.9 Å². The number of fused-ring (bicyclic) bond motifs is 1. The van der Waals surface area contributed by atoms with Crippen LogP contribution < -0.4 is 0 Å². The highest BCUT2D eigenvalue weighted by molar-refractivity contribution is 5.84. The van der Waals surface area contributed by atoms with Gasteiger partial charge in [-0.2, -0.15) is 0 Å². The maximum absolute atomic E-state index is 13.4. The van der Waals surface area contributed by atoms with E-state index < -0.39 is 0 Å². The summed E-state index contributed by atoms with van der Waals surface area (Å²) in [4.78, 5) is 5.90. The summed E-state index contributed by atoms with van der Waals surface area (Å²) in [6.45, 7) is 3.77. The first-order valence-electron chi connectivity index (χ1n) is 7.80. The number of rotatable bonds is 3. The van der Waals surface area contributed by atoms with E-state index in [4.69, 9.17) is 0 Å². The zero-order valence-electron chi connectivity index (χ0n) is 11.7. The van der Waals surface area contributed by atoms with E-state index >= 15 is 0 Å². The predicted molar refractivity (Wildman–Crippen MR) is 86.1 cm³/mol. The van der Waals surface area contributed by atoms with Gasteiger partial charge in [-0.15, -0.1) is 0 Å². The lowest BCUT2D eigenvalue weighted by Gasteiger charge is -2.26. The van der Waals surface area contributed by atoms with Gasteiger partial charge >= 0.3 is 0 Å². The molecule has 2 fully saturated rings. The number of halogens is 1. The van der Waals surface area contributed by atoms with Gasteiger partial charge in [0, 0.05) is 23.6 Å². The molecular formula is C18H25FN2. The third-order valence-corrected chi connectivity index (χ3v) is 4.94. The highest BCUT2D eigenvalue weighted by Crippen LogP contribution is 2.50. The monoisotopic (exact) mass is 288 g/mol. The number of H-pyrrole nitrogens is 1. The van der Waals surface area contributed by atoms with E-state index in [1.165, 1.54) is 56.9 Å². The number of hydrogen-bond donors (Lipinski definition) is 1. The number of nitrogens with one attached hydrogen (secondary N) is 1. The molecule has 2 nitrogen and oxygen atoms in total. The average Bonchev–Trinajstić information content (AvgIpc) is 3.09. The summed E-state index contributed by atoms with van der Waals surface area (Å²) in [5.41, 5.74) is 2.38. The van der Waals surface area contributed by atoms with Crippen molar-refractivity contribution in [2.45, 2.75) is 39.0 Å². The highest BCUT2D eigenvalue weighted by atomic mass is 19.1. The molecule has 0 amide bonds. The van der Waals surface area contributed by atoms with E-state index in [9.17, 15) is 4.39 Å². The Balaban J connectivity index is 0.00000132. The lowest BCUT2D eigenvalue weighted by molar-refractivity contribution is 0.219. The van der Waals surface area contributed by atoms with Crippen LogP contribution in [0.3, 0.4) is 0 Å². The molecule has 1 saturated carbocycles. The van der Waals surface area contributed by atoms with Crippen molar-refractivity contribution < 1.29 is 4.39 Å². The van der Waals surface area contributed by atoms with Crippen LogP contribution in [0, 0.1) is 11.7 Å². The third-order valence-electron chi connectivity index (χ3n) is 4.94. The number of benzene rings is 1. The minimum atomic E-state index is -0.133. The quantitative estimate of drug-likeness (QED) is 0.879. The average molecular weight is 288 g/mol. The Bertz CT molecular complexity index is 613. The van der Waals surface area contributed by atoms with Gasteiger partial charge in [0.15, 0.2) is 0 Å². The summed E-state index contributed by atoms with van der Waals surface area (Å²) in [5, 5.41) is 1.08. The molecule has 1 aromatic heterocycles. The van der Waals surface area contributed by atoms with Crippen LogP contribution in [0.5, 0.6) is 0 Å². The molecule has 2 aromatic rings. The summed E-state index contributed by atoms with van der Waals surface area (Å²) in [7, 11) is 0. The number of piperidine rings is 1. The van der Waals surface area contributed by atoms with Crippen LogP contribution in [0.2, 0.25) is 0 Å². The lowest BCUT2D eigenvalue weighted by Crippen LogP contribution is -2.31. The van der Waals surface area contributed by atoms with Crippen molar-refractivity contribution in [1.29, 1.82) is 0 Å². The first kappa shape index (κ1) is 14.6. The van der Waals surface area contributed by atoms with Crippen molar-refractivity contribution in [3.05, 3.63) is 35.8 Å². The standard InChI is InChI=1S/C17H21FN2.CH4/c18-13-4-5-17-15(9-13)16(10-19-17)14-8-12(14)11-20-6-2-1-3-7-20;/h4-5,9-10,12,14,19H,1-3,6-8,11H2;1H4. The number of hydrogen-bond acceptors (Lipinski definition) is 1. The minimum absolute atomic E-state index is 0. The molecule has 1 saturated heterocycles. The second kappa shape index (κ2) is 5.80. The van der Waals surface area contributed by atoms with Crippen molar-refractivity contribution in [3.8, 4) is 0 Å². The Morgan fingerprint density at radius 1 is 1.19 bits per heavy atom. The fourth-order valence-electron chi connectivity index (χ4n) is 3.73. The van der Waals surface area contributed by atoms with Crippen molar-refractivity contribution in [2.24, 2.45) is 5.92 Å². The van der Waals surface area contributed by atoms with Gasteiger partial charge in [0.1, 0.15) is 5.82 Å². The lowest BCUT2D eigenvalue weighted by atomic mass is 10.1. The van der Waals surface area contributed by atoms with E-state index in [0.717, 1.165) is 16.8 Å². The normalized spacial score (nSPS) is 25.8. The first-order valence-corrected chi connectivity index (χ1v) is 7.80. The first-order chi connectivity index (χ1) is 9.81. The van der Waals surface area contributed by atoms with Crippen LogP contribution in [-0.2, 0) is 0 Å². The summed E-state index contributed by atoms with van der Waals surface area (Å²) >= 11 is 0. The summed E-state index contributed by atoms with van der Waals surface area (Å²) in [5.74, 6) is 1.27. The van der Waals surface area contributed by atoms with Crippen LogP contribution in [0.1, 0.15) is 44.6 Å². The molecule has 1 aliphatic carbocycles. The van der Waals surface area contributed by atoms with Crippen LogP contribution in [0.4, 0.5) is 4.39 Å². The Morgan fingerprint density at radius 3 is 2.81 bits per heavy atom. The van der Waals surface area contributed by atoms with Gasteiger partial charge < -0.3 is 9.88 Å². The number of nitrogens with zero attached hydrogens (tertiary/aromatic N) is 1. The van der Waals surface area contributed by atoms with Crippen molar-refractivity contribution in [3.63, 3.8) is 0 Å². The zero-order chi connectivity index (χ0) is 13.5. The Morgan fingerprint density at radius 2 is 2.00 bits per heavy atom. The molecule has 0 bridgehead atoms. The van der Waals surface area contributed by atoms with Crippen molar-refractivity contribution >= 4 is 10.9 Å². The molecule has 3 heteroatoms. The summed E-state index contributed by atoms with van der Waals surface area (Å²) in [6, 6.07) is 5.05. The Labute approximate surface area is 126 Å². The molecule has 1 N–H and O–H groups in total. The molecule has 2 aliphatic rings. The molecule has 2 unspecified atom stereocenters. The maximum atomic E-state index is 13.4. The smallest absolute Gasteiger partial charge is 0.123 e. The highest BCUT2D eigenvalue weighted by Gasteiger charge is 2.40.